The number of rotatable bonds is 1. The molecule has 0 atom stereocenters. The zero-order valence-corrected chi connectivity index (χ0v) is 26.7. The van der Waals surface area contributed by atoms with Gasteiger partial charge in [-0.1, -0.05) is 6.07 Å². The number of aliphatic hydroxyl groups excluding tert-OH is 1. The lowest BCUT2D eigenvalue weighted by Crippen LogP contribution is -2.15. The van der Waals surface area contributed by atoms with Crippen molar-refractivity contribution in [1.82, 2.24) is 0 Å². The largest absolute Gasteiger partial charge is 0.491 e. The third kappa shape index (κ3) is 19.1. The molecule has 1 aliphatic rings. The van der Waals surface area contributed by atoms with Crippen LogP contribution in [0.3, 0.4) is 0 Å². The molecule has 1 heterocycles. The molecule has 0 unspecified atom stereocenters. The Kier molecular flexibility index (Phi) is 21.6. The molecule has 0 aliphatic carbocycles. The zero-order chi connectivity index (χ0) is 32.2. The van der Waals surface area contributed by atoms with E-state index in [9.17, 15) is 5.11 Å². The monoisotopic (exact) mass is 654 g/mol. The van der Waals surface area contributed by atoms with Crippen molar-refractivity contribution in [1.29, 1.82) is 0 Å². The normalized spacial score (nSPS) is 19.5. The molecule has 0 radical (unpaired) electrons. The van der Waals surface area contributed by atoms with Crippen LogP contribution in [0.2, 0.25) is 0 Å². The molecule has 1 N–H and O–H groups in total. The van der Waals surface area contributed by atoms with Crippen LogP contribution in [-0.4, -0.2) is 137 Å². The minimum atomic E-state index is -0.123. The van der Waals surface area contributed by atoms with Crippen LogP contribution in [0, 0.1) is 0 Å². The van der Waals surface area contributed by atoms with Crippen LogP contribution in [0.1, 0.15) is 5.56 Å². The first-order valence-electron chi connectivity index (χ1n) is 15.8. The standard InChI is InChI=1S/C33H50O13/c34-28-29-24-32-27-33(25-29)46-23-19-42-15-11-38-7-5-36-9-13-40-17-21-44-31-3-1-2-30(26-31)43-20-16-39-12-8-35-4-6-37-10-14-41-18-22-45-32/h1-3,24-27,34H,4-23,28H2. The molecular formula is C33H50O13. The van der Waals surface area contributed by atoms with E-state index in [1.807, 2.05) is 24.3 Å². The quantitative estimate of drug-likeness (QED) is 0.484. The Morgan fingerprint density at radius 2 is 0.609 bits per heavy atom. The molecule has 0 fully saturated rings. The van der Waals surface area contributed by atoms with Crippen LogP contribution < -0.4 is 18.9 Å². The molecule has 0 aromatic heterocycles. The highest BCUT2D eigenvalue weighted by atomic mass is 16.6. The lowest BCUT2D eigenvalue weighted by atomic mass is 10.2. The second-order valence-corrected chi connectivity index (χ2v) is 9.74. The first-order chi connectivity index (χ1) is 22.8. The van der Waals surface area contributed by atoms with Crippen molar-refractivity contribution in [2.24, 2.45) is 0 Å². The summed E-state index contributed by atoms with van der Waals surface area (Å²) in [6.07, 6.45) is 0. The maximum atomic E-state index is 9.60. The topological polar surface area (TPSA) is 131 Å². The predicted octanol–water partition coefficient (Wildman–Crippen LogP) is 2.54. The van der Waals surface area contributed by atoms with Gasteiger partial charge in [0.1, 0.15) is 49.4 Å². The van der Waals surface area contributed by atoms with Crippen molar-refractivity contribution in [3.63, 3.8) is 0 Å². The van der Waals surface area contributed by atoms with E-state index in [4.69, 9.17) is 56.8 Å². The smallest absolute Gasteiger partial charge is 0.123 e. The number of hydrogen-bond donors (Lipinski definition) is 1. The van der Waals surface area contributed by atoms with Crippen molar-refractivity contribution >= 4 is 0 Å². The van der Waals surface area contributed by atoms with Crippen LogP contribution in [0.15, 0.2) is 42.5 Å². The van der Waals surface area contributed by atoms with Gasteiger partial charge in [0.25, 0.3) is 0 Å². The Morgan fingerprint density at radius 1 is 0.348 bits per heavy atom. The summed E-state index contributed by atoms with van der Waals surface area (Å²) in [5, 5.41) is 9.60. The average Bonchev–Trinajstić information content (AvgIpc) is 3.07. The average molecular weight is 655 g/mol. The molecule has 3 rings (SSSR count). The molecule has 4 bridgehead atoms. The van der Waals surface area contributed by atoms with Gasteiger partial charge in [-0.3, -0.25) is 0 Å². The van der Waals surface area contributed by atoms with Crippen LogP contribution in [0.25, 0.3) is 0 Å². The van der Waals surface area contributed by atoms with Crippen LogP contribution in [0.4, 0.5) is 0 Å². The van der Waals surface area contributed by atoms with Gasteiger partial charge >= 0.3 is 0 Å². The minimum Gasteiger partial charge on any atom is -0.491 e. The molecule has 0 amide bonds. The van der Waals surface area contributed by atoms with Crippen molar-refractivity contribution in [3.05, 3.63) is 48.0 Å². The van der Waals surface area contributed by atoms with E-state index < -0.39 is 0 Å². The maximum Gasteiger partial charge on any atom is 0.123 e. The lowest BCUT2D eigenvalue weighted by Gasteiger charge is -2.12. The molecule has 13 nitrogen and oxygen atoms in total. The summed E-state index contributed by atoms with van der Waals surface area (Å²) in [7, 11) is 0. The molecule has 0 saturated carbocycles. The minimum absolute atomic E-state index is 0.123. The summed E-state index contributed by atoms with van der Waals surface area (Å²) in [6.45, 7) is 8.69. The molecule has 46 heavy (non-hydrogen) atoms. The number of fused-ring (bicyclic) bond motifs is 4. The molecule has 1 aliphatic heterocycles. The van der Waals surface area contributed by atoms with Gasteiger partial charge in [0.2, 0.25) is 0 Å². The van der Waals surface area contributed by atoms with Crippen molar-refractivity contribution in [2.75, 3.05) is 132 Å². The third-order valence-corrected chi connectivity index (χ3v) is 6.15. The lowest BCUT2D eigenvalue weighted by molar-refractivity contribution is -0.00736. The molecule has 2 aromatic rings. The van der Waals surface area contributed by atoms with E-state index in [0.29, 0.717) is 161 Å². The predicted molar refractivity (Wildman–Crippen MR) is 167 cm³/mol. The van der Waals surface area contributed by atoms with Gasteiger partial charge in [-0.05, 0) is 29.8 Å². The van der Waals surface area contributed by atoms with Gasteiger partial charge in [0, 0.05) is 12.1 Å². The summed E-state index contributed by atoms with van der Waals surface area (Å²) in [4.78, 5) is 0. The van der Waals surface area contributed by atoms with E-state index in [0.717, 1.165) is 0 Å². The van der Waals surface area contributed by atoms with E-state index >= 15 is 0 Å². The van der Waals surface area contributed by atoms with E-state index in [2.05, 4.69) is 0 Å². The van der Waals surface area contributed by atoms with Gasteiger partial charge in [-0.25, -0.2) is 0 Å². The summed E-state index contributed by atoms with van der Waals surface area (Å²) < 4.78 is 67.5. The zero-order valence-electron chi connectivity index (χ0n) is 26.7. The second kappa shape index (κ2) is 26.4. The van der Waals surface area contributed by atoms with Crippen LogP contribution >= 0.6 is 0 Å². The fourth-order valence-corrected chi connectivity index (χ4v) is 3.94. The summed E-state index contributed by atoms with van der Waals surface area (Å²) in [6, 6.07) is 12.8. The van der Waals surface area contributed by atoms with Gasteiger partial charge in [-0.2, -0.15) is 0 Å². The Morgan fingerprint density at radius 3 is 0.913 bits per heavy atom. The fraction of sp³-hybridized carbons (Fsp3) is 0.636. The summed E-state index contributed by atoms with van der Waals surface area (Å²) in [5.74, 6) is 2.61. The van der Waals surface area contributed by atoms with E-state index in [1.165, 1.54) is 0 Å². The number of hydrogen-bond acceptors (Lipinski definition) is 13. The third-order valence-electron chi connectivity index (χ3n) is 6.15. The Labute approximate surface area is 271 Å². The highest BCUT2D eigenvalue weighted by Gasteiger charge is 2.05. The van der Waals surface area contributed by atoms with Crippen molar-refractivity contribution in [3.8, 4) is 23.0 Å². The number of aliphatic hydroxyl groups is 1. The van der Waals surface area contributed by atoms with Gasteiger partial charge in [0.05, 0.1) is 112 Å². The van der Waals surface area contributed by atoms with Gasteiger partial charge in [-0.15, -0.1) is 0 Å². The molecule has 0 saturated heterocycles. The highest BCUT2D eigenvalue weighted by Crippen LogP contribution is 2.23. The first-order valence-corrected chi connectivity index (χ1v) is 15.8. The van der Waals surface area contributed by atoms with Crippen LogP contribution in [0.5, 0.6) is 23.0 Å². The maximum absolute atomic E-state index is 9.60. The Bertz CT molecular complexity index is 940. The summed E-state index contributed by atoms with van der Waals surface area (Å²) >= 11 is 0. The molecular weight excluding hydrogens is 604 g/mol. The molecule has 2 aromatic carbocycles. The van der Waals surface area contributed by atoms with Gasteiger partial charge in [0.15, 0.2) is 0 Å². The number of ether oxygens (including phenoxy) is 12. The highest BCUT2D eigenvalue weighted by molar-refractivity contribution is 5.38. The summed E-state index contributed by atoms with van der Waals surface area (Å²) in [5.41, 5.74) is 0.692. The fourth-order valence-electron chi connectivity index (χ4n) is 3.94. The van der Waals surface area contributed by atoms with E-state index in [-0.39, 0.29) is 6.61 Å². The van der Waals surface area contributed by atoms with Crippen molar-refractivity contribution < 1.29 is 61.9 Å². The Balaban J connectivity index is 1.33. The van der Waals surface area contributed by atoms with Crippen LogP contribution in [-0.2, 0) is 44.5 Å². The van der Waals surface area contributed by atoms with Gasteiger partial charge < -0.3 is 61.9 Å². The molecule has 260 valence electrons. The van der Waals surface area contributed by atoms with E-state index in [1.54, 1.807) is 18.2 Å². The molecule has 13 heteroatoms. The molecule has 0 spiro atoms. The Hall–Kier alpha value is -2.72. The SMILES string of the molecule is OCc1cc2cc(c1)OCCOCCOCCOCCOCCOc1cccc(c1)OCCOCCOCCOCCOCCO2. The van der Waals surface area contributed by atoms with Crippen molar-refractivity contribution in [2.45, 2.75) is 6.61 Å². The first kappa shape index (κ1) is 37.7. The number of benzene rings is 2. The second-order valence-electron chi connectivity index (χ2n) is 9.74.